The largest absolute Gasteiger partial charge is 0.320 e. The van der Waals surface area contributed by atoms with E-state index >= 15 is 0 Å². The fourth-order valence-corrected chi connectivity index (χ4v) is 2.75. The fraction of sp³-hybridized carbons (Fsp3) is 1.00. The minimum atomic E-state index is -0.403. The van der Waals surface area contributed by atoms with Crippen LogP contribution < -0.4 is 16.8 Å². The standard InChI is InChI=1S/C13H29N3/c1-16-11-7-3-6-10-13(14,15)12-8-4-2-5-9-12/h12,16H,2-11,14-15H2,1H3. The van der Waals surface area contributed by atoms with E-state index in [1.54, 1.807) is 0 Å². The van der Waals surface area contributed by atoms with Crippen molar-refractivity contribution in [1.82, 2.24) is 5.32 Å². The van der Waals surface area contributed by atoms with Crippen LogP contribution in [0.15, 0.2) is 0 Å². The summed E-state index contributed by atoms with van der Waals surface area (Å²) in [5.74, 6) is 0.561. The lowest BCUT2D eigenvalue weighted by molar-refractivity contribution is 0.194. The molecule has 0 heterocycles. The molecule has 0 bridgehead atoms. The first-order chi connectivity index (χ1) is 7.67. The molecule has 0 saturated heterocycles. The van der Waals surface area contributed by atoms with Gasteiger partial charge in [-0.2, -0.15) is 0 Å². The third-order valence-electron chi connectivity index (χ3n) is 3.90. The summed E-state index contributed by atoms with van der Waals surface area (Å²) >= 11 is 0. The molecule has 1 rings (SSSR count). The summed E-state index contributed by atoms with van der Waals surface area (Å²) in [7, 11) is 2.00. The monoisotopic (exact) mass is 227 g/mol. The number of rotatable bonds is 7. The van der Waals surface area contributed by atoms with E-state index in [1.807, 2.05) is 7.05 Å². The molecule has 1 fully saturated rings. The van der Waals surface area contributed by atoms with Crippen molar-refractivity contribution in [3.8, 4) is 0 Å². The fourth-order valence-electron chi connectivity index (χ4n) is 2.75. The normalized spacial score (nSPS) is 18.9. The third kappa shape index (κ3) is 4.81. The van der Waals surface area contributed by atoms with Gasteiger partial charge in [-0.25, -0.2) is 0 Å². The Balaban J connectivity index is 2.16. The van der Waals surface area contributed by atoms with E-state index in [1.165, 1.54) is 51.4 Å². The Labute approximate surface area is 100 Å². The van der Waals surface area contributed by atoms with Gasteiger partial charge in [0.15, 0.2) is 0 Å². The molecule has 3 nitrogen and oxygen atoms in total. The molecule has 0 aliphatic heterocycles. The summed E-state index contributed by atoms with van der Waals surface area (Å²) in [6, 6.07) is 0. The predicted octanol–water partition coefficient (Wildman–Crippen LogP) is 1.96. The van der Waals surface area contributed by atoms with E-state index in [-0.39, 0.29) is 0 Å². The Kier molecular flexibility index (Phi) is 6.32. The molecule has 0 unspecified atom stereocenters. The Bertz CT molecular complexity index is 174. The molecule has 16 heavy (non-hydrogen) atoms. The van der Waals surface area contributed by atoms with Gasteiger partial charge in [-0.15, -0.1) is 0 Å². The molecule has 1 saturated carbocycles. The van der Waals surface area contributed by atoms with Gasteiger partial charge in [0.1, 0.15) is 0 Å². The Morgan fingerprint density at radius 2 is 1.75 bits per heavy atom. The maximum atomic E-state index is 6.27. The second-order valence-electron chi connectivity index (χ2n) is 5.36. The lowest BCUT2D eigenvalue weighted by Crippen LogP contribution is -2.56. The van der Waals surface area contributed by atoms with Gasteiger partial charge >= 0.3 is 0 Å². The van der Waals surface area contributed by atoms with Crippen molar-refractivity contribution in [3.05, 3.63) is 0 Å². The Morgan fingerprint density at radius 3 is 2.38 bits per heavy atom. The van der Waals surface area contributed by atoms with Crippen LogP contribution in [0.1, 0.15) is 57.8 Å². The first-order valence-corrected chi connectivity index (χ1v) is 6.89. The molecule has 0 spiro atoms. The van der Waals surface area contributed by atoms with Crippen LogP contribution in [0.4, 0.5) is 0 Å². The number of hydrogen-bond donors (Lipinski definition) is 3. The maximum absolute atomic E-state index is 6.27. The predicted molar refractivity (Wildman–Crippen MR) is 70.1 cm³/mol. The van der Waals surface area contributed by atoms with Crippen LogP contribution in [-0.2, 0) is 0 Å². The quantitative estimate of drug-likeness (QED) is 0.460. The average molecular weight is 227 g/mol. The van der Waals surface area contributed by atoms with Gasteiger partial charge in [-0.3, -0.25) is 0 Å². The summed E-state index contributed by atoms with van der Waals surface area (Å²) in [5.41, 5.74) is 12.1. The Hall–Kier alpha value is -0.120. The van der Waals surface area contributed by atoms with Crippen molar-refractivity contribution in [2.45, 2.75) is 63.5 Å². The van der Waals surface area contributed by atoms with Crippen molar-refractivity contribution in [2.75, 3.05) is 13.6 Å². The number of nitrogens with two attached hydrogens (primary N) is 2. The zero-order chi connectivity index (χ0) is 11.9. The van der Waals surface area contributed by atoms with Crippen LogP contribution in [-0.4, -0.2) is 19.3 Å². The first-order valence-electron chi connectivity index (χ1n) is 6.89. The van der Waals surface area contributed by atoms with Crippen LogP contribution in [0.2, 0.25) is 0 Å². The van der Waals surface area contributed by atoms with Gasteiger partial charge in [0.05, 0.1) is 5.66 Å². The molecular weight excluding hydrogens is 198 g/mol. The molecular formula is C13H29N3. The zero-order valence-corrected chi connectivity index (χ0v) is 10.8. The van der Waals surface area contributed by atoms with Crippen molar-refractivity contribution in [2.24, 2.45) is 17.4 Å². The van der Waals surface area contributed by atoms with Gasteiger partial charge in [-0.1, -0.05) is 32.1 Å². The molecule has 0 aromatic carbocycles. The van der Waals surface area contributed by atoms with Gasteiger partial charge in [-0.05, 0) is 45.2 Å². The minimum absolute atomic E-state index is 0.403. The van der Waals surface area contributed by atoms with Crippen molar-refractivity contribution in [1.29, 1.82) is 0 Å². The van der Waals surface area contributed by atoms with Crippen molar-refractivity contribution >= 4 is 0 Å². The highest BCUT2D eigenvalue weighted by Gasteiger charge is 2.30. The molecule has 0 aromatic rings. The lowest BCUT2D eigenvalue weighted by Gasteiger charge is -2.36. The van der Waals surface area contributed by atoms with Gasteiger partial charge in [0.25, 0.3) is 0 Å². The van der Waals surface area contributed by atoms with Crippen molar-refractivity contribution < 1.29 is 0 Å². The summed E-state index contributed by atoms with van der Waals surface area (Å²) < 4.78 is 0. The molecule has 0 atom stereocenters. The van der Waals surface area contributed by atoms with Crippen molar-refractivity contribution in [3.63, 3.8) is 0 Å². The van der Waals surface area contributed by atoms with E-state index in [2.05, 4.69) is 5.32 Å². The molecule has 0 amide bonds. The molecule has 3 heteroatoms. The van der Waals surface area contributed by atoms with Gasteiger partial charge in [0, 0.05) is 0 Å². The average Bonchev–Trinajstić information content (AvgIpc) is 2.30. The maximum Gasteiger partial charge on any atom is 0.0665 e. The smallest absolute Gasteiger partial charge is 0.0665 e. The van der Waals surface area contributed by atoms with E-state index < -0.39 is 5.66 Å². The zero-order valence-electron chi connectivity index (χ0n) is 10.8. The van der Waals surface area contributed by atoms with E-state index in [9.17, 15) is 0 Å². The lowest BCUT2D eigenvalue weighted by atomic mass is 9.78. The van der Waals surface area contributed by atoms with E-state index in [0.717, 1.165) is 13.0 Å². The number of unbranched alkanes of at least 4 members (excludes halogenated alkanes) is 2. The number of nitrogens with one attached hydrogen (secondary N) is 1. The SMILES string of the molecule is CNCCCCCC(N)(N)C1CCCCC1. The van der Waals surface area contributed by atoms with E-state index in [4.69, 9.17) is 11.5 Å². The van der Waals surface area contributed by atoms with Crippen LogP contribution >= 0.6 is 0 Å². The summed E-state index contributed by atoms with van der Waals surface area (Å²) in [6.45, 7) is 1.10. The summed E-state index contributed by atoms with van der Waals surface area (Å²) in [4.78, 5) is 0. The highest BCUT2D eigenvalue weighted by atomic mass is 15.0. The van der Waals surface area contributed by atoms with E-state index in [0.29, 0.717) is 5.92 Å². The molecule has 0 radical (unpaired) electrons. The molecule has 0 aromatic heterocycles. The summed E-state index contributed by atoms with van der Waals surface area (Å²) in [5, 5.41) is 3.17. The molecule has 1 aliphatic rings. The van der Waals surface area contributed by atoms with Crippen LogP contribution in [0.3, 0.4) is 0 Å². The second kappa shape index (κ2) is 7.25. The molecule has 5 N–H and O–H groups in total. The number of hydrogen-bond acceptors (Lipinski definition) is 3. The Morgan fingerprint density at radius 1 is 1.06 bits per heavy atom. The van der Waals surface area contributed by atoms with Gasteiger partial charge in [0.2, 0.25) is 0 Å². The molecule has 1 aliphatic carbocycles. The highest BCUT2D eigenvalue weighted by molar-refractivity contribution is 4.87. The van der Waals surface area contributed by atoms with Crippen LogP contribution in [0.25, 0.3) is 0 Å². The summed E-state index contributed by atoms with van der Waals surface area (Å²) in [6.07, 6.45) is 11.1. The molecule has 96 valence electrons. The first kappa shape index (κ1) is 13.9. The third-order valence-corrected chi connectivity index (χ3v) is 3.90. The van der Waals surface area contributed by atoms with Crippen LogP contribution in [0, 0.1) is 5.92 Å². The minimum Gasteiger partial charge on any atom is -0.320 e. The topological polar surface area (TPSA) is 64.1 Å². The van der Waals surface area contributed by atoms with Crippen LogP contribution in [0.5, 0.6) is 0 Å². The second-order valence-corrected chi connectivity index (χ2v) is 5.36. The highest BCUT2D eigenvalue weighted by Crippen LogP contribution is 2.31. The van der Waals surface area contributed by atoms with Gasteiger partial charge < -0.3 is 16.8 Å².